The predicted molar refractivity (Wildman–Crippen MR) is 75.0 cm³/mol. The van der Waals surface area contributed by atoms with Gasteiger partial charge in [0.1, 0.15) is 17.3 Å². The number of aromatic hydroxyl groups is 1. The van der Waals surface area contributed by atoms with Gasteiger partial charge in [-0.2, -0.15) is 0 Å². The molecule has 2 aromatic carbocycles. The average molecular weight is 285 g/mol. The number of hydrogen-bond acceptors (Lipinski definition) is 3. The van der Waals surface area contributed by atoms with E-state index in [2.05, 4.69) is 5.32 Å². The van der Waals surface area contributed by atoms with Gasteiger partial charge in [0, 0.05) is 17.5 Å². The van der Waals surface area contributed by atoms with E-state index in [4.69, 9.17) is 4.74 Å². The maximum atomic E-state index is 14.1. The molecule has 2 heterocycles. The van der Waals surface area contributed by atoms with Crippen LogP contribution in [0.5, 0.6) is 11.5 Å². The Bertz CT molecular complexity index is 786. The SMILES string of the molecule is O=C1Cc2cc(-c3cc(O)cc4c3OCC4)cc(F)c2N1. The summed E-state index contributed by atoms with van der Waals surface area (Å²) in [5, 5.41) is 12.3. The molecule has 0 atom stereocenters. The Kier molecular flexibility index (Phi) is 2.45. The zero-order valence-electron chi connectivity index (χ0n) is 11.1. The summed E-state index contributed by atoms with van der Waals surface area (Å²) in [5.41, 5.74) is 3.06. The minimum Gasteiger partial charge on any atom is -0.508 e. The summed E-state index contributed by atoms with van der Waals surface area (Å²) in [7, 11) is 0. The fraction of sp³-hybridized carbons (Fsp3) is 0.188. The second-order valence-electron chi connectivity index (χ2n) is 5.30. The highest BCUT2D eigenvalue weighted by Crippen LogP contribution is 2.42. The van der Waals surface area contributed by atoms with E-state index in [0.29, 0.717) is 29.0 Å². The van der Waals surface area contributed by atoms with E-state index in [-0.39, 0.29) is 23.8 Å². The highest BCUT2D eigenvalue weighted by atomic mass is 19.1. The molecular formula is C16H12FNO3. The van der Waals surface area contributed by atoms with Crippen LogP contribution >= 0.6 is 0 Å². The molecule has 0 saturated heterocycles. The molecular weight excluding hydrogens is 273 g/mol. The third kappa shape index (κ3) is 1.85. The number of phenols is 1. The molecule has 0 fully saturated rings. The van der Waals surface area contributed by atoms with Gasteiger partial charge >= 0.3 is 0 Å². The lowest BCUT2D eigenvalue weighted by Crippen LogP contribution is -2.04. The van der Waals surface area contributed by atoms with Crippen LogP contribution in [0, 0.1) is 5.82 Å². The topological polar surface area (TPSA) is 58.6 Å². The van der Waals surface area contributed by atoms with Gasteiger partial charge in [0.25, 0.3) is 0 Å². The number of halogens is 1. The number of carbonyl (C=O) groups excluding carboxylic acids is 1. The maximum absolute atomic E-state index is 14.1. The Morgan fingerprint density at radius 1 is 1.19 bits per heavy atom. The summed E-state index contributed by atoms with van der Waals surface area (Å²) < 4.78 is 19.7. The van der Waals surface area contributed by atoms with Crippen LogP contribution in [0.15, 0.2) is 24.3 Å². The summed E-state index contributed by atoms with van der Waals surface area (Å²) in [6.07, 6.45) is 0.895. The lowest BCUT2D eigenvalue weighted by atomic mass is 9.98. The predicted octanol–water partition coefficient (Wildman–Crippen LogP) is 2.63. The monoisotopic (exact) mass is 285 g/mol. The Morgan fingerprint density at radius 2 is 2.05 bits per heavy atom. The van der Waals surface area contributed by atoms with E-state index in [0.717, 1.165) is 12.0 Å². The third-order valence-corrected chi connectivity index (χ3v) is 3.87. The number of fused-ring (bicyclic) bond motifs is 2. The molecule has 21 heavy (non-hydrogen) atoms. The molecule has 0 aliphatic carbocycles. The molecule has 106 valence electrons. The number of hydrogen-bond donors (Lipinski definition) is 2. The number of rotatable bonds is 1. The second kappa shape index (κ2) is 4.22. The summed E-state index contributed by atoms with van der Waals surface area (Å²) in [4.78, 5) is 11.4. The number of phenolic OH excluding ortho intramolecular Hbond substituents is 1. The van der Waals surface area contributed by atoms with E-state index < -0.39 is 5.82 Å². The Hall–Kier alpha value is -2.56. The van der Waals surface area contributed by atoms with Crippen molar-refractivity contribution in [2.24, 2.45) is 0 Å². The van der Waals surface area contributed by atoms with Crippen LogP contribution in [-0.4, -0.2) is 17.6 Å². The van der Waals surface area contributed by atoms with E-state index in [9.17, 15) is 14.3 Å². The maximum Gasteiger partial charge on any atom is 0.228 e. The zero-order chi connectivity index (χ0) is 14.6. The minimum absolute atomic E-state index is 0.129. The molecule has 2 aliphatic rings. The van der Waals surface area contributed by atoms with Gasteiger partial charge in [-0.05, 0) is 35.4 Å². The lowest BCUT2D eigenvalue weighted by molar-refractivity contribution is -0.115. The summed E-state index contributed by atoms with van der Waals surface area (Å²) in [5.74, 6) is 0.135. The number of benzene rings is 2. The standard InChI is InChI=1S/C16H12FNO3/c17-13-5-9(3-10-6-14(20)18-15(10)13)12-7-11(19)4-8-1-2-21-16(8)12/h3-5,7,19H,1-2,6H2,(H,18,20). The number of anilines is 1. The van der Waals surface area contributed by atoms with E-state index in [1.807, 2.05) is 0 Å². The Balaban J connectivity index is 1.91. The number of carbonyl (C=O) groups is 1. The van der Waals surface area contributed by atoms with Crippen LogP contribution in [0.3, 0.4) is 0 Å². The van der Waals surface area contributed by atoms with Gasteiger partial charge in [-0.3, -0.25) is 4.79 Å². The molecule has 2 N–H and O–H groups in total. The number of ether oxygens (including phenoxy) is 1. The van der Waals surface area contributed by atoms with Crippen molar-refractivity contribution < 1.29 is 19.0 Å². The van der Waals surface area contributed by atoms with Crippen molar-refractivity contribution >= 4 is 11.6 Å². The van der Waals surface area contributed by atoms with Crippen molar-refractivity contribution in [1.29, 1.82) is 0 Å². The van der Waals surface area contributed by atoms with Gasteiger partial charge in [-0.15, -0.1) is 0 Å². The first kappa shape index (κ1) is 12.2. The molecule has 4 nitrogen and oxygen atoms in total. The van der Waals surface area contributed by atoms with Crippen LogP contribution in [0.4, 0.5) is 10.1 Å². The molecule has 2 aliphatic heterocycles. The molecule has 2 aromatic rings. The highest BCUT2D eigenvalue weighted by molar-refractivity contribution is 6.00. The van der Waals surface area contributed by atoms with E-state index in [1.165, 1.54) is 6.07 Å². The smallest absolute Gasteiger partial charge is 0.228 e. The molecule has 0 spiro atoms. The molecule has 0 saturated carbocycles. The first-order valence-electron chi connectivity index (χ1n) is 6.73. The van der Waals surface area contributed by atoms with Gasteiger partial charge in [0.2, 0.25) is 5.91 Å². The van der Waals surface area contributed by atoms with E-state index in [1.54, 1.807) is 18.2 Å². The van der Waals surface area contributed by atoms with Crippen LogP contribution in [-0.2, 0) is 17.6 Å². The summed E-state index contributed by atoms with van der Waals surface area (Å²) >= 11 is 0. The highest BCUT2D eigenvalue weighted by Gasteiger charge is 2.25. The molecule has 1 amide bonds. The lowest BCUT2D eigenvalue weighted by Gasteiger charge is -2.11. The van der Waals surface area contributed by atoms with Gasteiger partial charge in [-0.1, -0.05) is 0 Å². The first-order chi connectivity index (χ1) is 10.1. The van der Waals surface area contributed by atoms with Crippen molar-refractivity contribution in [2.75, 3.05) is 11.9 Å². The van der Waals surface area contributed by atoms with Gasteiger partial charge < -0.3 is 15.2 Å². The van der Waals surface area contributed by atoms with Crippen LogP contribution in [0.25, 0.3) is 11.1 Å². The molecule has 0 aromatic heterocycles. The van der Waals surface area contributed by atoms with E-state index >= 15 is 0 Å². The molecule has 5 heteroatoms. The van der Waals surface area contributed by atoms with Crippen LogP contribution in [0.2, 0.25) is 0 Å². The normalized spacial score (nSPS) is 15.4. The van der Waals surface area contributed by atoms with Crippen molar-refractivity contribution in [1.82, 2.24) is 0 Å². The van der Waals surface area contributed by atoms with Gasteiger partial charge in [0.05, 0.1) is 18.7 Å². The van der Waals surface area contributed by atoms with Crippen molar-refractivity contribution in [2.45, 2.75) is 12.8 Å². The second-order valence-corrected chi connectivity index (χ2v) is 5.30. The number of amides is 1. The fourth-order valence-corrected chi connectivity index (χ4v) is 2.96. The molecule has 0 unspecified atom stereocenters. The zero-order valence-corrected chi connectivity index (χ0v) is 11.1. The largest absolute Gasteiger partial charge is 0.508 e. The molecule has 0 bridgehead atoms. The number of nitrogens with one attached hydrogen (secondary N) is 1. The average Bonchev–Trinajstić information content (AvgIpc) is 3.03. The fourth-order valence-electron chi connectivity index (χ4n) is 2.96. The van der Waals surface area contributed by atoms with Gasteiger partial charge in [-0.25, -0.2) is 4.39 Å². The first-order valence-corrected chi connectivity index (χ1v) is 6.73. The van der Waals surface area contributed by atoms with Crippen molar-refractivity contribution in [3.63, 3.8) is 0 Å². The molecule has 0 radical (unpaired) electrons. The minimum atomic E-state index is -0.469. The van der Waals surface area contributed by atoms with Gasteiger partial charge in [0.15, 0.2) is 0 Å². The Labute approximate surface area is 120 Å². The quantitative estimate of drug-likeness (QED) is 0.846. The summed E-state index contributed by atoms with van der Waals surface area (Å²) in [6, 6.07) is 6.37. The Morgan fingerprint density at radius 3 is 2.90 bits per heavy atom. The third-order valence-electron chi connectivity index (χ3n) is 3.87. The van der Waals surface area contributed by atoms with Crippen LogP contribution < -0.4 is 10.1 Å². The molecule has 4 rings (SSSR count). The van der Waals surface area contributed by atoms with Crippen molar-refractivity contribution in [3.05, 3.63) is 41.2 Å². The summed E-state index contributed by atoms with van der Waals surface area (Å²) in [6.45, 7) is 0.555. The van der Waals surface area contributed by atoms with Crippen LogP contribution in [0.1, 0.15) is 11.1 Å². The van der Waals surface area contributed by atoms with Crippen molar-refractivity contribution in [3.8, 4) is 22.6 Å².